The third-order valence-corrected chi connectivity index (χ3v) is 4.48. The molecule has 1 heterocycles. The Morgan fingerprint density at radius 3 is 2.52 bits per heavy atom. The first-order valence-corrected chi connectivity index (χ1v) is 8.36. The van der Waals surface area contributed by atoms with Gasteiger partial charge in [-0.25, -0.2) is 0 Å². The van der Waals surface area contributed by atoms with Gasteiger partial charge in [-0.2, -0.15) is 0 Å². The summed E-state index contributed by atoms with van der Waals surface area (Å²) in [5.74, 6) is 2.44. The minimum absolute atomic E-state index is 0.158. The molecule has 1 aromatic rings. The normalized spacial score (nSPS) is 27.4. The largest absolute Gasteiger partial charge is 0.489 e. The first-order valence-electron chi connectivity index (χ1n) is 8.36. The monoisotopic (exact) mass is 290 g/mol. The molecule has 0 saturated heterocycles. The second-order valence-electron chi connectivity index (χ2n) is 6.93. The maximum Gasteiger partial charge on any atom is 0.141 e. The standard InChI is InChI=1S/C18H30N2O/c1-5-15(19)11-17-18(7-6-14(4)20-17)21-16-9-12(2)8-13(3)10-16/h6-7,12-13,15-16H,5,8-11,19H2,1-4H3. The number of aryl methyl sites for hydroxylation is 1. The van der Waals surface area contributed by atoms with Crippen LogP contribution in [0, 0.1) is 18.8 Å². The SMILES string of the molecule is CCC(N)Cc1nc(C)ccc1OC1CC(C)CC(C)C1. The summed E-state index contributed by atoms with van der Waals surface area (Å²) in [4.78, 5) is 4.66. The number of rotatable bonds is 5. The van der Waals surface area contributed by atoms with Gasteiger partial charge in [-0.05, 0) is 56.6 Å². The van der Waals surface area contributed by atoms with Crippen LogP contribution in [-0.4, -0.2) is 17.1 Å². The minimum atomic E-state index is 0.158. The molecule has 0 radical (unpaired) electrons. The number of nitrogens with zero attached hydrogens (tertiary/aromatic N) is 1. The van der Waals surface area contributed by atoms with Crippen LogP contribution in [0.5, 0.6) is 5.75 Å². The van der Waals surface area contributed by atoms with Crippen molar-refractivity contribution in [1.82, 2.24) is 4.98 Å². The minimum Gasteiger partial charge on any atom is -0.489 e. The highest BCUT2D eigenvalue weighted by Crippen LogP contribution is 2.32. The van der Waals surface area contributed by atoms with Gasteiger partial charge >= 0.3 is 0 Å². The van der Waals surface area contributed by atoms with E-state index >= 15 is 0 Å². The zero-order valence-corrected chi connectivity index (χ0v) is 13.9. The average molecular weight is 290 g/mol. The van der Waals surface area contributed by atoms with E-state index in [1.165, 1.54) is 6.42 Å². The molecule has 3 heteroatoms. The van der Waals surface area contributed by atoms with E-state index in [2.05, 4.69) is 31.8 Å². The lowest BCUT2D eigenvalue weighted by molar-refractivity contribution is 0.0994. The van der Waals surface area contributed by atoms with Gasteiger partial charge in [0.15, 0.2) is 0 Å². The Kier molecular flexibility index (Phi) is 5.63. The smallest absolute Gasteiger partial charge is 0.141 e. The molecule has 1 aromatic heterocycles. The first-order chi connectivity index (χ1) is 9.97. The van der Waals surface area contributed by atoms with Gasteiger partial charge in [0.2, 0.25) is 0 Å². The quantitative estimate of drug-likeness (QED) is 0.895. The van der Waals surface area contributed by atoms with Gasteiger partial charge in [0.25, 0.3) is 0 Å². The van der Waals surface area contributed by atoms with Crippen LogP contribution in [0.1, 0.15) is 57.8 Å². The fraction of sp³-hybridized carbons (Fsp3) is 0.722. The molecule has 0 aromatic carbocycles. The fourth-order valence-corrected chi connectivity index (χ4v) is 3.39. The molecule has 0 amide bonds. The molecule has 21 heavy (non-hydrogen) atoms. The van der Waals surface area contributed by atoms with Gasteiger partial charge < -0.3 is 10.5 Å². The summed E-state index contributed by atoms with van der Waals surface area (Å²) < 4.78 is 6.31. The molecule has 0 aliphatic heterocycles. The zero-order chi connectivity index (χ0) is 15.4. The van der Waals surface area contributed by atoms with Crippen molar-refractivity contribution in [3.8, 4) is 5.75 Å². The number of nitrogens with two attached hydrogens (primary N) is 1. The van der Waals surface area contributed by atoms with Gasteiger partial charge in [-0.1, -0.05) is 20.8 Å². The van der Waals surface area contributed by atoms with E-state index in [9.17, 15) is 0 Å². The summed E-state index contributed by atoms with van der Waals surface area (Å²) in [6.45, 7) is 8.79. The number of ether oxygens (including phenoxy) is 1. The van der Waals surface area contributed by atoms with Crippen LogP contribution in [-0.2, 0) is 6.42 Å². The van der Waals surface area contributed by atoms with E-state index < -0.39 is 0 Å². The summed E-state index contributed by atoms with van der Waals surface area (Å²) in [5.41, 5.74) is 8.16. The van der Waals surface area contributed by atoms with Crippen molar-refractivity contribution >= 4 is 0 Å². The first kappa shape index (κ1) is 16.3. The summed E-state index contributed by atoms with van der Waals surface area (Å²) in [6.07, 6.45) is 5.71. The molecular weight excluding hydrogens is 260 g/mol. The predicted octanol–water partition coefficient (Wildman–Crippen LogP) is 3.87. The lowest BCUT2D eigenvalue weighted by Gasteiger charge is -2.32. The van der Waals surface area contributed by atoms with Crippen LogP contribution in [0.25, 0.3) is 0 Å². The van der Waals surface area contributed by atoms with E-state index in [0.29, 0.717) is 6.10 Å². The van der Waals surface area contributed by atoms with Crippen LogP contribution >= 0.6 is 0 Å². The summed E-state index contributed by atoms with van der Waals surface area (Å²) in [6, 6.07) is 4.27. The molecule has 1 aliphatic rings. The van der Waals surface area contributed by atoms with E-state index in [0.717, 1.165) is 54.7 Å². The maximum absolute atomic E-state index is 6.31. The molecule has 0 spiro atoms. The van der Waals surface area contributed by atoms with E-state index in [1.807, 2.05) is 13.0 Å². The van der Waals surface area contributed by atoms with Crippen molar-refractivity contribution in [3.05, 3.63) is 23.5 Å². The molecule has 2 rings (SSSR count). The third-order valence-electron chi connectivity index (χ3n) is 4.48. The Labute approximate surface area is 129 Å². The maximum atomic E-state index is 6.31. The van der Waals surface area contributed by atoms with Crippen molar-refractivity contribution in [1.29, 1.82) is 0 Å². The molecule has 0 bridgehead atoms. The Hall–Kier alpha value is -1.09. The Bertz CT molecular complexity index is 451. The highest BCUT2D eigenvalue weighted by molar-refractivity contribution is 5.30. The van der Waals surface area contributed by atoms with E-state index in [4.69, 9.17) is 10.5 Å². The second kappa shape index (κ2) is 7.26. The lowest BCUT2D eigenvalue weighted by atomic mass is 9.82. The molecule has 1 fully saturated rings. The second-order valence-corrected chi connectivity index (χ2v) is 6.93. The molecule has 3 atom stereocenters. The average Bonchev–Trinajstić information content (AvgIpc) is 2.40. The van der Waals surface area contributed by atoms with Crippen molar-refractivity contribution in [2.24, 2.45) is 17.6 Å². The van der Waals surface area contributed by atoms with Crippen molar-refractivity contribution in [3.63, 3.8) is 0 Å². The third kappa shape index (κ3) is 4.70. The molecule has 118 valence electrons. The summed E-state index contributed by atoms with van der Waals surface area (Å²) >= 11 is 0. The number of hydrogen-bond acceptors (Lipinski definition) is 3. The number of aromatic nitrogens is 1. The van der Waals surface area contributed by atoms with Crippen LogP contribution in [0.15, 0.2) is 12.1 Å². The van der Waals surface area contributed by atoms with Crippen LogP contribution in [0.3, 0.4) is 0 Å². The Morgan fingerprint density at radius 1 is 1.24 bits per heavy atom. The van der Waals surface area contributed by atoms with Crippen LogP contribution < -0.4 is 10.5 Å². The highest BCUT2D eigenvalue weighted by Gasteiger charge is 2.26. The fourth-order valence-electron chi connectivity index (χ4n) is 3.39. The zero-order valence-electron chi connectivity index (χ0n) is 13.9. The molecule has 3 nitrogen and oxygen atoms in total. The summed E-state index contributed by atoms with van der Waals surface area (Å²) in [5, 5.41) is 0. The van der Waals surface area contributed by atoms with E-state index in [-0.39, 0.29) is 6.04 Å². The van der Waals surface area contributed by atoms with Gasteiger partial charge in [0, 0.05) is 18.2 Å². The highest BCUT2D eigenvalue weighted by atomic mass is 16.5. The van der Waals surface area contributed by atoms with Gasteiger partial charge in [0.05, 0.1) is 11.8 Å². The molecule has 1 saturated carbocycles. The van der Waals surface area contributed by atoms with Crippen molar-refractivity contribution in [2.75, 3.05) is 0 Å². The number of hydrogen-bond donors (Lipinski definition) is 1. The van der Waals surface area contributed by atoms with Gasteiger partial charge in [0.1, 0.15) is 5.75 Å². The van der Waals surface area contributed by atoms with Gasteiger partial charge in [-0.15, -0.1) is 0 Å². The summed E-state index contributed by atoms with van der Waals surface area (Å²) in [7, 11) is 0. The van der Waals surface area contributed by atoms with Crippen LogP contribution in [0.2, 0.25) is 0 Å². The van der Waals surface area contributed by atoms with E-state index in [1.54, 1.807) is 0 Å². The van der Waals surface area contributed by atoms with Crippen molar-refractivity contribution in [2.45, 2.75) is 71.9 Å². The molecular formula is C18H30N2O. The van der Waals surface area contributed by atoms with Gasteiger partial charge in [-0.3, -0.25) is 4.98 Å². The lowest BCUT2D eigenvalue weighted by Crippen LogP contribution is -2.29. The predicted molar refractivity (Wildman–Crippen MR) is 87.5 cm³/mol. The van der Waals surface area contributed by atoms with Crippen LogP contribution in [0.4, 0.5) is 0 Å². The molecule has 3 unspecified atom stereocenters. The Balaban J connectivity index is 2.11. The number of pyridine rings is 1. The van der Waals surface area contributed by atoms with Crippen molar-refractivity contribution < 1.29 is 4.74 Å². The molecule has 2 N–H and O–H groups in total. The topological polar surface area (TPSA) is 48.1 Å². The Morgan fingerprint density at radius 2 is 1.90 bits per heavy atom. The molecule has 1 aliphatic carbocycles.